The fourth-order valence-electron chi connectivity index (χ4n) is 4.62. The van der Waals surface area contributed by atoms with Gasteiger partial charge in [-0.25, -0.2) is 9.97 Å². The average Bonchev–Trinajstić information content (AvgIpc) is 3.39. The molecular weight excluding hydrogens is 526 g/mol. The summed E-state index contributed by atoms with van der Waals surface area (Å²) in [4.78, 5) is 18.5. The predicted octanol–water partition coefficient (Wildman–Crippen LogP) is 7.92. The number of nitrogens with zero attached hydrogens (tertiary/aromatic N) is 4. The van der Waals surface area contributed by atoms with Crippen LogP contribution in [0.2, 0.25) is 0 Å². The van der Waals surface area contributed by atoms with E-state index >= 15 is 0 Å². The Balaban J connectivity index is 1.34. The van der Waals surface area contributed by atoms with Gasteiger partial charge in [-0.05, 0) is 84.0 Å². The number of methoxy groups -OCH3 is 1. The minimum absolute atomic E-state index is 0.219. The van der Waals surface area contributed by atoms with Crippen molar-refractivity contribution in [3.63, 3.8) is 0 Å². The second kappa shape index (κ2) is 11.9. The molecule has 0 atom stereocenters. The summed E-state index contributed by atoms with van der Waals surface area (Å²) in [6.45, 7) is 11.0. The van der Waals surface area contributed by atoms with Gasteiger partial charge in [0, 0.05) is 40.2 Å². The summed E-state index contributed by atoms with van der Waals surface area (Å²) in [5, 5.41) is 6.43. The molecule has 4 heterocycles. The molecule has 1 N–H and O–H groups in total. The SMILES string of the molecule is COc1cccc(Sc2cnc(Nc3nc(C4CCN(C(C)(C)C)CC4)cs3)cc2Oc2cccnc2C)c1. The minimum atomic E-state index is 0.219. The monoisotopic (exact) mass is 561 g/mol. The van der Waals surface area contributed by atoms with E-state index in [0.717, 1.165) is 52.3 Å². The zero-order valence-electron chi connectivity index (χ0n) is 23.1. The summed E-state index contributed by atoms with van der Waals surface area (Å²) in [6.07, 6.45) is 5.87. The summed E-state index contributed by atoms with van der Waals surface area (Å²) in [6, 6.07) is 13.7. The molecule has 0 unspecified atom stereocenters. The van der Waals surface area contributed by atoms with E-state index in [2.05, 4.69) is 41.4 Å². The Bertz CT molecular complexity index is 1410. The largest absolute Gasteiger partial charge is 0.497 e. The molecule has 1 aliphatic rings. The lowest BCUT2D eigenvalue weighted by Crippen LogP contribution is -2.45. The van der Waals surface area contributed by atoms with E-state index in [4.69, 9.17) is 19.4 Å². The van der Waals surface area contributed by atoms with Crippen LogP contribution in [0.15, 0.2) is 70.0 Å². The number of pyridine rings is 2. The van der Waals surface area contributed by atoms with Crippen molar-refractivity contribution in [2.45, 2.75) is 61.8 Å². The zero-order valence-corrected chi connectivity index (χ0v) is 24.7. The van der Waals surface area contributed by atoms with E-state index in [0.29, 0.717) is 23.2 Å². The van der Waals surface area contributed by atoms with Crippen LogP contribution in [0, 0.1) is 6.92 Å². The minimum Gasteiger partial charge on any atom is -0.497 e. The summed E-state index contributed by atoms with van der Waals surface area (Å²) >= 11 is 3.20. The van der Waals surface area contributed by atoms with E-state index in [1.165, 1.54) is 5.69 Å². The van der Waals surface area contributed by atoms with Gasteiger partial charge in [-0.2, -0.15) is 0 Å². The van der Waals surface area contributed by atoms with Crippen LogP contribution in [-0.2, 0) is 0 Å². The number of rotatable bonds is 8. The Morgan fingerprint density at radius 3 is 2.62 bits per heavy atom. The average molecular weight is 562 g/mol. The second-order valence-electron chi connectivity index (χ2n) is 10.6. The quantitative estimate of drug-likeness (QED) is 0.233. The lowest BCUT2D eigenvalue weighted by atomic mass is 9.91. The third kappa shape index (κ3) is 6.90. The van der Waals surface area contributed by atoms with Crippen molar-refractivity contribution >= 4 is 34.0 Å². The van der Waals surface area contributed by atoms with E-state index in [1.807, 2.05) is 55.6 Å². The molecule has 0 radical (unpaired) electrons. The fourth-order valence-corrected chi connectivity index (χ4v) is 6.30. The van der Waals surface area contributed by atoms with Crippen LogP contribution in [0.1, 0.15) is 50.9 Å². The highest BCUT2D eigenvalue weighted by molar-refractivity contribution is 7.99. The number of hydrogen-bond acceptors (Lipinski definition) is 9. The number of anilines is 2. The molecular formula is C30H35N5O2S2. The first-order chi connectivity index (χ1) is 18.8. The normalized spacial score (nSPS) is 14.8. The summed E-state index contributed by atoms with van der Waals surface area (Å²) in [7, 11) is 1.67. The lowest BCUT2D eigenvalue weighted by molar-refractivity contribution is 0.102. The molecule has 9 heteroatoms. The number of piperidine rings is 1. The van der Waals surface area contributed by atoms with Gasteiger partial charge in [0.05, 0.1) is 23.4 Å². The highest BCUT2D eigenvalue weighted by Crippen LogP contribution is 2.40. The molecule has 0 saturated carbocycles. The molecule has 1 aromatic carbocycles. The maximum absolute atomic E-state index is 6.37. The second-order valence-corrected chi connectivity index (χ2v) is 12.6. The van der Waals surface area contributed by atoms with Gasteiger partial charge >= 0.3 is 0 Å². The Hall–Kier alpha value is -3.14. The van der Waals surface area contributed by atoms with Crippen LogP contribution < -0.4 is 14.8 Å². The molecule has 39 heavy (non-hydrogen) atoms. The van der Waals surface area contributed by atoms with Gasteiger partial charge in [-0.3, -0.25) is 9.88 Å². The number of benzene rings is 1. The molecule has 0 aliphatic carbocycles. The number of thiazole rings is 1. The third-order valence-electron chi connectivity index (χ3n) is 6.90. The first-order valence-electron chi connectivity index (χ1n) is 13.2. The van der Waals surface area contributed by atoms with E-state index in [9.17, 15) is 0 Å². The third-order valence-corrected chi connectivity index (χ3v) is 8.69. The van der Waals surface area contributed by atoms with E-state index in [-0.39, 0.29) is 5.54 Å². The van der Waals surface area contributed by atoms with Crippen LogP contribution >= 0.6 is 23.1 Å². The number of hydrogen-bond donors (Lipinski definition) is 1. The molecule has 204 valence electrons. The molecule has 0 bridgehead atoms. The van der Waals surface area contributed by atoms with Gasteiger partial charge in [0.25, 0.3) is 0 Å². The summed E-state index contributed by atoms with van der Waals surface area (Å²) in [5.74, 6) is 3.39. The Morgan fingerprint density at radius 2 is 1.87 bits per heavy atom. The molecule has 3 aromatic heterocycles. The van der Waals surface area contributed by atoms with Crippen LogP contribution in [0.5, 0.6) is 17.2 Å². The van der Waals surface area contributed by atoms with E-state index in [1.54, 1.807) is 36.4 Å². The maximum Gasteiger partial charge on any atom is 0.188 e. The molecule has 1 saturated heterocycles. The molecule has 5 rings (SSSR count). The van der Waals surface area contributed by atoms with Crippen molar-refractivity contribution in [1.29, 1.82) is 0 Å². The molecule has 0 amide bonds. The van der Waals surface area contributed by atoms with E-state index < -0.39 is 0 Å². The van der Waals surface area contributed by atoms with Crippen LogP contribution in [0.4, 0.5) is 10.9 Å². The van der Waals surface area contributed by atoms with Crippen molar-refractivity contribution in [1.82, 2.24) is 19.9 Å². The molecule has 7 nitrogen and oxygen atoms in total. The number of nitrogens with one attached hydrogen (secondary N) is 1. The van der Waals surface area contributed by atoms with Crippen LogP contribution in [0.25, 0.3) is 0 Å². The Morgan fingerprint density at radius 1 is 1.05 bits per heavy atom. The molecule has 4 aromatic rings. The highest BCUT2D eigenvalue weighted by Gasteiger charge is 2.28. The zero-order chi connectivity index (χ0) is 27.4. The first kappa shape index (κ1) is 27.4. The van der Waals surface area contributed by atoms with Gasteiger partial charge in [-0.1, -0.05) is 17.8 Å². The standard InChI is InChI=1S/C30H35N5O2S2/c1-20-25(10-7-13-31-20)37-26-17-28(32-18-27(26)39-23-9-6-8-22(16-23)36-5)34-29-33-24(19-38-29)21-11-14-35(15-12-21)30(2,3)4/h6-10,13,16-19,21H,11-12,14-15H2,1-5H3,(H,32,33,34). The van der Waals surface area contributed by atoms with Gasteiger partial charge in [-0.15, -0.1) is 11.3 Å². The smallest absolute Gasteiger partial charge is 0.188 e. The van der Waals surface area contributed by atoms with Crippen molar-refractivity contribution in [3.05, 3.63) is 71.6 Å². The Kier molecular flexibility index (Phi) is 8.40. The van der Waals surface area contributed by atoms with Gasteiger partial charge in [0.15, 0.2) is 5.13 Å². The fraction of sp³-hybridized carbons (Fsp3) is 0.367. The number of aryl methyl sites for hydroxylation is 1. The van der Waals surface area contributed by atoms with Gasteiger partial charge < -0.3 is 14.8 Å². The number of likely N-dealkylation sites (tertiary alicyclic amines) is 1. The number of ether oxygens (including phenoxy) is 2. The van der Waals surface area contributed by atoms with Crippen molar-refractivity contribution in [3.8, 4) is 17.2 Å². The highest BCUT2D eigenvalue weighted by atomic mass is 32.2. The molecule has 1 aliphatic heterocycles. The van der Waals surface area contributed by atoms with Crippen molar-refractivity contribution < 1.29 is 9.47 Å². The summed E-state index contributed by atoms with van der Waals surface area (Å²) in [5.41, 5.74) is 2.21. The predicted molar refractivity (Wildman–Crippen MR) is 159 cm³/mol. The number of aromatic nitrogens is 3. The summed E-state index contributed by atoms with van der Waals surface area (Å²) < 4.78 is 11.8. The molecule has 1 fully saturated rings. The Labute approximate surface area is 239 Å². The van der Waals surface area contributed by atoms with Crippen molar-refractivity contribution in [2.24, 2.45) is 0 Å². The lowest BCUT2D eigenvalue weighted by Gasteiger charge is -2.40. The van der Waals surface area contributed by atoms with Gasteiger partial charge in [0.2, 0.25) is 0 Å². The van der Waals surface area contributed by atoms with Gasteiger partial charge in [0.1, 0.15) is 23.1 Å². The topological polar surface area (TPSA) is 72.4 Å². The van der Waals surface area contributed by atoms with Crippen molar-refractivity contribution in [2.75, 3.05) is 25.5 Å². The van der Waals surface area contributed by atoms with Crippen LogP contribution in [-0.4, -0.2) is 45.6 Å². The maximum atomic E-state index is 6.37. The van der Waals surface area contributed by atoms with Crippen LogP contribution in [0.3, 0.4) is 0 Å². The molecule has 0 spiro atoms. The first-order valence-corrected chi connectivity index (χ1v) is 14.9.